The molecule has 2 aromatic carbocycles. The summed E-state index contributed by atoms with van der Waals surface area (Å²) >= 11 is 0. The average Bonchev–Trinajstić information content (AvgIpc) is 2.75. The van der Waals surface area contributed by atoms with Gasteiger partial charge in [0.25, 0.3) is 0 Å². The summed E-state index contributed by atoms with van der Waals surface area (Å²) < 4.78 is 6.25. The smallest absolute Gasteiger partial charge is 0.335 e. The minimum absolute atomic E-state index is 0.293. The van der Waals surface area contributed by atoms with Gasteiger partial charge in [0, 0.05) is 23.5 Å². The normalized spacial score (nSPS) is 11.2. The monoisotopic (exact) mass is 446 g/mol. The second kappa shape index (κ2) is 10.2. The number of nitrogens with zero attached hydrogens (tertiary/aromatic N) is 1. The van der Waals surface area contributed by atoms with Gasteiger partial charge in [-0.15, -0.1) is 0 Å². The van der Waals surface area contributed by atoms with E-state index in [4.69, 9.17) is 15.5 Å². The van der Waals surface area contributed by atoms with Crippen LogP contribution in [-0.2, 0) is 19.6 Å². The molecule has 0 atom stereocenters. The van der Waals surface area contributed by atoms with Crippen LogP contribution in [0, 0.1) is 33.6 Å². The molecule has 0 aliphatic carbocycles. The first-order chi connectivity index (χ1) is 15.6. The van der Waals surface area contributed by atoms with E-state index in [1.165, 1.54) is 5.56 Å². The number of carboxylic acids is 1. The Kier molecular flexibility index (Phi) is 7.54. The van der Waals surface area contributed by atoms with Gasteiger partial charge in [0.15, 0.2) is 0 Å². The van der Waals surface area contributed by atoms with Crippen LogP contribution in [0.1, 0.15) is 63.4 Å². The van der Waals surface area contributed by atoms with Crippen LogP contribution in [0.2, 0.25) is 0 Å². The van der Waals surface area contributed by atoms with Crippen molar-refractivity contribution >= 4 is 5.97 Å². The van der Waals surface area contributed by atoms with Crippen LogP contribution in [-0.4, -0.2) is 16.1 Å². The number of hydrogen-bond acceptors (Lipinski definition) is 4. The first-order valence-electron chi connectivity index (χ1n) is 11.4. The Morgan fingerprint density at radius 3 is 2.24 bits per heavy atom. The summed E-state index contributed by atoms with van der Waals surface area (Å²) in [4.78, 5) is 16.4. The number of aromatic nitrogens is 1. The Balaban J connectivity index is 2.10. The molecule has 33 heavy (non-hydrogen) atoms. The van der Waals surface area contributed by atoms with Crippen LogP contribution in [0.15, 0.2) is 36.4 Å². The highest BCUT2D eigenvalue weighted by atomic mass is 16.5. The Labute approximate surface area is 196 Å². The van der Waals surface area contributed by atoms with Gasteiger partial charge < -0.3 is 15.6 Å². The first kappa shape index (κ1) is 24.5. The summed E-state index contributed by atoms with van der Waals surface area (Å²) in [5, 5.41) is 9.39. The van der Waals surface area contributed by atoms with Gasteiger partial charge in [0.1, 0.15) is 12.4 Å². The number of carboxylic acid groups (broad SMARTS) is 1. The third-order valence-corrected chi connectivity index (χ3v) is 6.18. The van der Waals surface area contributed by atoms with Gasteiger partial charge in [0.2, 0.25) is 0 Å². The molecule has 3 aromatic rings. The molecule has 0 spiro atoms. The van der Waals surface area contributed by atoms with Crippen LogP contribution < -0.4 is 10.5 Å². The van der Waals surface area contributed by atoms with E-state index in [0.29, 0.717) is 35.9 Å². The number of benzene rings is 2. The van der Waals surface area contributed by atoms with Crippen LogP contribution in [0.4, 0.5) is 0 Å². The van der Waals surface area contributed by atoms with Crippen molar-refractivity contribution in [3.63, 3.8) is 0 Å². The fourth-order valence-corrected chi connectivity index (χ4v) is 4.20. The second-order valence-corrected chi connectivity index (χ2v) is 9.10. The molecule has 3 rings (SSSR count). The lowest BCUT2D eigenvalue weighted by molar-refractivity contribution is 0.0696. The number of nitrogens with two attached hydrogens (primary N) is 1. The molecule has 0 saturated carbocycles. The van der Waals surface area contributed by atoms with Gasteiger partial charge in [-0.1, -0.05) is 43.7 Å². The fourth-order valence-electron chi connectivity index (χ4n) is 4.20. The van der Waals surface area contributed by atoms with E-state index in [2.05, 4.69) is 45.0 Å². The van der Waals surface area contributed by atoms with E-state index in [0.717, 1.165) is 45.6 Å². The van der Waals surface area contributed by atoms with Crippen molar-refractivity contribution in [2.45, 2.75) is 61.1 Å². The maximum atomic E-state index is 11.5. The van der Waals surface area contributed by atoms with E-state index in [1.54, 1.807) is 12.1 Å². The quantitative estimate of drug-likeness (QED) is 0.449. The highest BCUT2D eigenvalue weighted by Gasteiger charge is 2.20. The van der Waals surface area contributed by atoms with Crippen LogP contribution >= 0.6 is 0 Å². The number of carbonyl (C=O) groups is 1. The zero-order valence-corrected chi connectivity index (χ0v) is 20.5. The molecular formula is C28H34N2O3. The molecule has 174 valence electrons. The highest BCUT2D eigenvalue weighted by Crippen LogP contribution is 2.34. The third kappa shape index (κ3) is 5.25. The largest absolute Gasteiger partial charge is 0.489 e. The molecule has 0 bridgehead atoms. The molecule has 5 nitrogen and oxygen atoms in total. The third-order valence-electron chi connectivity index (χ3n) is 6.18. The van der Waals surface area contributed by atoms with Crippen molar-refractivity contribution in [2.24, 2.45) is 11.7 Å². The molecule has 0 saturated heterocycles. The molecule has 0 radical (unpaired) electrons. The van der Waals surface area contributed by atoms with Gasteiger partial charge in [-0.25, -0.2) is 4.79 Å². The van der Waals surface area contributed by atoms with Crippen molar-refractivity contribution in [3.05, 3.63) is 81.2 Å². The van der Waals surface area contributed by atoms with Gasteiger partial charge >= 0.3 is 5.97 Å². The van der Waals surface area contributed by atoms with Gasteiger partial charge in [-0.2, -0.15) is 0 Å². The fraction of sp³-hybridized carbons (Fsp3) is 0.357. The zero-order chi connectivity index (χ0) is 24.3. The molecule has 0 unspecified atom stereocenters. The summed E-state index contributed by atoms with van der Waals surface area (Å²) in [7, 11) is 0. The van der Waals surface area contributed by atoms with Gasteiger partial charge in [0.05, 0.1) is 5.56 Å². The molecule has 0 amide bonds. The standard InChI is InChI=1S/C28H34N2O3/c1-16(2)13-25-23(14-29)27(21-9-7-17(3)8-10-21)24(20(6)30-25)15-33-26-12-11-22(28(31)32)18(4)19(26)5/h7-12,16H,13-15,29H2,1-6H3,(H,31,32). The highest BCUT2D eigenvalue weighted by molar-refractivity contribution is 5.90. The van der Waals surface area contributed by atoms with Crippen LogP contribution in [0.3, 0.4) is 0 Å². The topological polar surface area (TPSA) is 85.4 Å². The van der Waals surface area contributed by atoms with E-state index in [-0.39, 0.29) is 0 Å². The Hall–Kier alpha value is -3.18. The van der Waals surface area contributed by atoms with Crippen LogP contribution in [0.25, 0.3) is 11.1 Å². The minimum Gasteiger partial charge on any atom is -0.489 e. The number of pyridine rings is 1. The number of aryl methyl sites for hydroxylation is 2. The van der Waals surface area contributed by atoms with Crippen molar-refractivity contribution in [3.8, 4) is 16.9 Å². The average molecular weight is 447 g/mol. The van der Waals surface area contributed by atoms with Gasteiger partial charge in [-0.05, 0) is 80.0 Å². The molecule has 3 N–H and O–H groups in total. The number of rotatable bonds is 8. The number of ether oxygens (including phenoxy) is 1. The Morgan fingerprint density at radius 1 is 1.00 bits per heavy atom. The second-order valence-electron chi connectivity index (χ2n) is 9.10. The van der Waals surface area contributed by atoms with Gasteiger partial charge in [-0.3, -0.25) is 4.98 Å². The van der Waals surface area contributed by atoms with Crippen molar-refractivity contribution in [1.82, 2.24) is 4.98 Å². The van der Waals surface area contributed by atoms with E-state index in [9.17, 15) is 9.90 Å². The summed E-state index contributed by atoms with van der Waals surface area (Å²) in [5.74, 6) is 0.207. The van der Waals surface area contributed by atoms with E-state index >= 15 is 0 Å². The number of aromatic carboxylic acids is 1. The number of hydrogen-bond donors (Lipinski definition) is 2. The summed E-state index contributed by atoms with van der Waals surface area (Å²) in [6.45, 7) is 12.9. The predicted octanol–water partition coefficient (Wildman–Crippen LogP) is 5.92. The predicted molar refractivity (Wildman–Crippen MR) is 133 cm³/mol. The SMILES string of the molecule is Cc1ccc(-c2c(COc3ccc(C(=O)O)c(C)c3C)c(C)nc(CC(C)C)c2CN)cc1. The molecule has 1 aromatic heterocycles. The molecule has 5 heteroatoms. The lowest BCUT2D eigenvalue weighted by atomic mass is 9.90. The lowest BCUT2D eigenvalue weighted by Crippen LogP contribution is -2.14. The maximum Gasteiger partial charge on any atom is 0.335 e. The summed E-state index contributed by atoms with van der Waals surface area (Å²) in [5.41, 5.74) is 15.5. The molecule has 1 heterocycles. The molecule has 0 fully saturated rings. The first-order valence-corrected chi connectivity index (χ1v) is 11.4. The van der Waals surface area contributed by atoms with Crippen LogP contribution in [0.5, 0.6) is 5.75 Å². The zero-order valence-electron chi connectivity index (χ0n) is 20.5. The minimum atomic E-state index is -0.933. The summed E-state index contributed by atoms with van der Waals surface area (Å²) in [6, 6.07) is 11.8. The maximum absolute atomic E-state index is 11.5. The molecule has 0 aliphatic heterocycles. The molecule has 0 aliphatic rings. The Morgan fingerprint density at radius 2 is 1.67 bits per heavy atom. The van der Waals surface area contributed by atoms with Crippen molar-refractivity contribution < 1.29 is 14.6 Å². The molecular weight excluding hydrogens is 412 g/mol. The lowest BCUT2D eigenvalue weighted by Gasteiger charge is -2.22. The Bertz CT molecular complexity index is 1160. The van der Waals surface area contributed by atoms with Crippen molar-refractivity contribution in [1.29, 1.82) is 0 Å². The van der Waals surface area contributed by atoms with Crippen molar-refractivity contribution in [2.75, 3.05) is 0 Å². The van der Waals surface area contributed by atoms with E-state index < -0.39 is 5.97 Å². The summed E-state index contributed by atoms with van der Waals surface area (Å²) in [6.07, 6.45) is 0.863. The van der Waals surface area contributed by atoms with E-state index in [1.807, 2.05) is 20.8 Å².